The van der Waals surface area contributed by atoms with E-state index < -0.39 is 30.4 Å². The first-order valence-corrected chi connectivity index (χ1v) is 9.68. The molecule has 4 N–H and O–H groups in total. The van der Waals surface area contributed by atoms with Crippen molar-refractivity contribution in [2.45, 2.75) is 95.2 Å². The lowest BCUT2D eigenvalue weighted by atomic mass is 10.0. The standard InChI is InChI=1S/C20H34O6/c1-2-3-6-10-16(22)19-14-17(23)18(26-19)13-12-15(21)9-7-4-5-8-11-20(24)25/h4,7,12-13,15-19,21-23H,2-3,5-6,8-11,14H2,1H3,(H,24,25)/b7-4-,13-12+/t15-,16-,17+,18+,19-/m0/s1. The van der Waals surface area contributed by atoms with Gasteiger partial charge >= 0.3 is 5.97 Å². The summed E-state index contributed by atoms with van der Waals surface area (Å²) in [5, 5.41) is 38.7. The number of aliphatic carboxylic acids is 1. The summed E-state index contributed by atoms with van der Waals surface area (Å²) in [6, 6.07) is 0. The summed E-state index contributed by atoms with van der Waals surface area (Å²) in [5.74, 6) is -0.801. The van der Waals surface area contributed by atoms with Crippen molar-refractivity contribution in [1.82, 2.24) is 0 Å². The minimum Gasteiger partial charge on any atom is -0.481 e. The van der Waals surface area contributed by atoms with Crippen molar-refractivity contribution in [2.75, 3.05) is 0 Å². The molecule has 1 saturated heterocycles. The Bertz CT molecular complexity index is 448. The van der Waals surface area contributed by atoms with Crippen molar-refractivity contribution in [3.8, 4) is 0 Å². The first kappa shape index (κ1) is 22.8. The van der Waals surface area contributed by atoms with Crippen LogP contribution in [-0.4, -0.2) is 56.9 Å². The van der Waals surface area contributed by atoms with Gasteiger partial charge in [-0.2, -0.15) is 0 Å². The predicted molar refractivity (Wildman–Crippen MR) is 99.8 cm³/mol. The van der Waals surface area contributed by atoms with Crippen molar-refractivity contribution >= 4 is 5.97 Å². The van der Waals surface area contributed by atoms with Crippen molar-refractivity contribution in [2.24, 2.45) is 0 Å². The van der Waals surface area contributed by atoms with Crippen molar-refractivity contribution in [3.05, 3.63) is 24.3 Å². The largest absolute Gasteiger partial charge is 0.481 e. The monoisotopic (exact) mass is 370 g/mol. The van der Waals surface area contributed by atoms with Crippen LogP contribution in [0.15, 0.2) is 24.3 Å². The highest BCUT2D eigenvalue weighted by Crippen LogP contribution is 2.26. The molecule has 0 saturated carbocycles. The van der Waals surface area contributed by atoms with Gasteiger partial charge in [-0.05, 0) is 25.7 Å². The lowest BCUT2D eigenvalue weighted by molar-refractivity contribution is -0.137. The molecule has 0 aromatic carbocycles. The van der Waals surface area contributed by atoms with Crippen LogP contribution in [-0.2, 0) is 9.53 Å². The van der Waals surface area contributed by atoms with E-state index in [1.54, 1.807) is 12.2 Å². The predicted octanol–water partition coefficient (Wildman–Crippen LogP) is 2.56. The van der Waals surface area contributed by atoms with Crippen LogP contribution in [0.5, 0.6) is 0 Å². The van der Waals surface area contributed by atoms with Crippen LogP contribution < -0.4 is 0 Å². The van der Waals surface area contributed by atoms with Gasteiger partial charge in [-0.25, -0.2) is 0 Å². The van der Waals surface area contributed by atoms with Gasteiger partial charge in [-0.15, -0.1) is 0 Å². The van der Waals surface area contributed by atoms with Crippen molar-refractivity contribution < 1.29 is 30.0 Å². The second kappa shape index (κ2) is 13.0. The zero-order valence-corrected chi connectivity index (χ0v) is 15.7. The normalized spacial score (nSPS) is 25.9. The minimum absolute atomic E-state index is 0.148. The van der Waals surface area contributed by atoms with Gasteiger partial charge in [0.25, 0.3) is 0 Å². The van der Waals surface area contributed by atoms with E-state index in [1.165, 1.54) is 0 Å². The molecule has 1 heterocycles. The molecule has 0 unspecified atom stereocenters. The maximum absolute atomic E-state index is 10.4. The number of carbonyl (C=O) groups is 1. The molecule has 1 rings (SSSR count). The van der Waals surface area contributed by atoms with Crippen LogP contribution in [0.3, 0.4) is 0 Å². The molecule has 0 aromatic heterocycles. The topological polar surface area (TPSA) is 107 Å². The third-order valence-electron chi connectivity index (χ3n) is 4.55. The number of ether oxygens (including phenoxy) is 1. The second-order valence-corrected chi connectivity index (χ2v) is 6.95. The van der Waals surface area contributed by atoms with Crippen molar-refractivity contribution in [1.29, 1.82) is 0 Å². The Balaban J connectivity index is 2.29. The van der Waals surface area contributed by atoms with E-state index in [1.807, 2.05) is 12.2 Å². The Hall–Kier alpha value is -1.21. The molecule has 5 atom stereocenters. The average Bonchev–Trinajstić information content (AvgIpc) is 2.97. The van der Waals surface area contributed by atoms with Crippen LogP contribution in [0.2, 0.25) is 0 Å². The van der Waals surface area contributed by atoms with Crippen molar-refractivity contribution in [3.63, 3.8) is 0 Å². The van der Waals surface area contributed by atoms with Gasteiger partial charge in [0.2, 0.25) is 0 Å². The lowest BCUT2D eigenvalue weighted by Crippen LogP contribution is -2.26. The molecule has 0 radical (unpaired) electrons. The molecule has 1 fully saturated rings. The molecule has 0 amide bonds. The van der Waals surface area contributed by atoms with Crippen LogP contribution in [0, 0.1) is 0 Å². The maximum Gasteiger partial charge on any atom is 0.303 e. The Kier molecular flexibility index (Phi) is 11.4. The smallest absolute Gasteiger partial charge is 0.303 e. The number of hydrogen-bond acceptors (Lipinski definition) is 5. The van der Waals surface area contributed by atoms with Crippen LogP contribution in [0.25, 0.3) is 0 Å². The van der Waals surface area contributed by atoms with Gasteiger partial charge in [0.05, 0.1) is 24.4 Å². The second-order valence-electron chi connectivity index (χ2n) is 6.95. The first-order valence-electron chi connectivity index (χ1n) is 9.68. The molecule has 0 bridgehead atoms. The van der Waals surface area contributed by atoms with E-state index in [0.717, 1.165) is 19.3 Å². The lowest BCUT2D eigenvalue weighted by Gasteiger charge is -2.18. The number of carboxylic acid groups (broad SMARTS) is 1. The summed E-state index contributed by atoms with van der Waals surface area (Å²) in [6.07, 6.45) is 10.2. The fraction of sp³-hybridized carbons (Fsp3) is 0.750. The molecule has 6 heteroatoms. The van der Waals surface area contributed by atoms with Crippen LogP contribution in [0.1, 0.15) is 64.7 Å². The third kappa shape index (κ3) is 9.48. The highest BCUT2D eigenvalue weighted by atomic mass is 16.5. The van der Waals surface area contributed by atoms with E-state index in [2.05, 4.69) is 6.92 Å². The Labute approximate surface area is 156 Å². The van der Waals surface area contributed by atoms with Gasteiger partial charge in [0.15, 0.2) is 0 Å². The maximum atomic E-state index is 10.4. The minimum atomic E-state index is -0.801. The highest BCUT2D eigenvalue weighted by Gasteiger charge is 2.36. The molecule has 150 valence electrons. The molecule has 0 spiro atoms. The van der Waals surface area contributed by atoms with Gasteiger partial charge in [-0.3, -0.25) is 4.79 Å². The summed E-state index contributed by atoms with van der Waals surface area (Å²) in [7, 11) is 0. The molecule has 1 aliphatic rings. The average molecular weight is 370 g/mol. The number of aliphatic hydroxyl groups excluding tert-OH is 3. The number of carboxylic acids is 1. The van der Waals surface area contributed by atoms with Crippen LogP contribution >= 0.6 is 0 Å². The summed E-state index contributed by atoms with van der Waals surface area (Å²) in [4.78, 5) is 10.4. The number of unbranched alkanes of at least 4 members (excludes halogenated alkanes) is 3. The highest BCUT2D eigenvalue weighted by molar-refractivity contribution is 5.66. The molecule has 0 aromatic rings. The number of hydrogen-bond donors (Lipinski definition) is 4. The Morgan fingerprint density at radius 3 is 2.69 bits per heavy atom. The fourth-order valence-corrected chi connectivity index (χ4v) is 2.97. The summed E-state index contributed by atoms with van der Waals surface area (Å²) < 4.78 is 5.73. The fourth-order valence-electron chi connectivity index (χ4n) is 2.97. The summed E-state index contributed by atoms with van der Waals surface area (Å²) in [5.41, 5.74) is 0. The van der Waals surface area contributed by atoms with E-state index >= 15 is 0 Å². The number of rotatable bonds is 13. The van der Waals surface area contributed by atoms with Gasteiger partial charge in [-0.1, -0.05) is 50.5 Å². The molecular weight excluding hydrogens is 336 g/mol. The zero-order valence-electron chi connectivity index (χ0n) is 15.7. The van der Waals surface area contributed by atoms with Gasteiger partial charge in [0, 0.05) is 12.8 Å². The summed E-state index contributed by atoms with van der Waals surface area (Å²) in [6.45, 7) is 2.11. The van der Waals surface area contributed by atoms with E-state index in [9.17, 15) is 20.1 Å². The van der Waals surface area contributed by atoms with Gasteiger partial charge in [0.1, 0.15) is 6.10 Å². The third-order valence-corrected chi connectivity index (χ3v) is 4.55. The first-order chi connectivity index (χ1) is 12.4. The molecule has 26 heavy (non-hydrogen) atoms. The Morgan fingerprint density at radius 1 is 1.23 bits per heavy atom. The Morgan fingerprint density at radius 2 is 2.00 bits per heavy atom. The summed E-state index contributed by atoms with van der Waals surface area (Å²) >= 11 is 0. The SMILES string of the molecule is CCCCC[C@H](O)[C@@H]1C[C@@H](O)[C@@H](/C=C/[C@@H](O)C/C=C\CCCC(=O)O)O1. The van der Waals surface area contributed by atoms with E-state index in [4.69, 9.17) is 9.84 Å². The number of allylic oxidation sites excluding steroid dienone is 1. The van der Waals surface area contributed by atoms with E-state index in [-0.39, 0.29) is 12.5 Å². The number of aliphatic hydroxyl groups is 3. The molecule has 0 aliphatic carbocycles. The molecule has 6 nitrogen and oxygen atoms in total. The molecular formula is C20H34O6. The quantitative estimate of drug-likeness (QED) is 0.293. The van der Waals surface area contributed by atoms with Gasteiger partial charge < -0.3 is 25.2 Å². The zero-order chi connectivity index (χ0) is 19.4. The molecule has 1 aliphatic heterocycles. The van der Waals surface area contributed by atoms with Crippen LogP contribution in [0.4, 0.5) is 0 Å². The van der Waals surface area contributed by atoms with E-state index in [0.29, 0.717) is 32.1 Å².